The molecule has 14 heavy (non-hydrogen) atoms. The van der Waals surface area contributed by atoms with Gasteiger partial charge in [0.25, 0.3) is 0 Å². The van der Waals surface area contributed by atoms with Gasteiger partial charge >= 0.3 is 0 Å². The topological polar surface area (TPSA) is 18.5 Å². The van der Waals surface area contributed by atoms with E-state index in [1.165, 1.54) is 18.4 Å². The van der Waals surface area contributed by atoms with Crippen LogP contribution in [0.4, 0.5) is 0 Å². The summed E-state index contributed by atoms with van der Waals surface area (Å²) in [7, 11) is 0. The van der Waals surface area contributed by atoms with Crippen molar-refractivity contribution in [3.8, 4) is 11.5 Å². The molecule has 0 unspecified atom stereocenters. The van der Waals surface area contributed by atoms with Crippen LogP contribution in [-0.4, -0.2) is 6.79 Å². The summed E-state index contributed by atoms with van der Waals surface area (Å²) < 4.78 is 10.6. The second-order valence-electron chi connectivity index (χ2n) is 3.50. The Morgan fingerprint density at radius 1 is 1.14 bits per heavy atom. The molecule has 0 N–H and O–H groups in total. The van der Waals surface area contributed by atoms with Crippen molar-refractivity contribution < 1.29 is 9.47 Å². The standard InChI is InChI=1S/C12H15O2/c1-2-3-4-5-10-6-7-11-12(8-10)14-9-13-11/h6-8H,1-5,9H2. The smallest absolute Gasteiger partial charge is 0.231 e. The van der Waals surface area contributed by atoms with Crippen LogP contribution in [0.2, 0.25) is 0 Å². The zero-order chi connectivity index (χ0) is 9.80. The van der Waals surface area contributed by atoms with Gasteiger partial charge in [-0.2, -0.15) is 0 Å². The summed E-state index contributed by atoms with van der Waals surface area (Å²) >= 11 is 0. The predicted molar refractivity (Wildman–Crippen MR) is 55.5 cm³/mol. The number of hydrogen-bond acceptors (Lipinski definition) is 2. The van der Waals surface area contributed by atoms with Crippen LogP contribution < -0.4 is 9.47 Å². The van der Waals surface area contributed by atoms with E-state index in [1.807, 2.05) is 6.07 Å². The lowest BCUT2D eigenvalue weighted by Gasteiger charge is -2.01. The molecule has 1 radical (unpaired) electrons. The molecule has 0 saturated carbocycles. The van der Waals surface area contributed by atoms with E-state index in [9.17, 15) is 0 Å². The molecule has 0 amide bonds. The van der Waals surface area contributed by atoms with Gasteiger partial charge in [-0.1, -0.05) is 25.8 Å². The average Bonchev–Trinajstić information content (AvgIpc) is 2.65. The number of rotatable bonds is 4. The molecule has 1 aromatic carbocycles. The molecule has 0 spiro atoms. The molecule has 0 atom stereocenters. The molecule has 1 aliphatic rings. The largest absolute Gasteiger partial charge is 0.454 e. The average molecular weight is 191 g/mol. The lowest BCUT2D eigenvalue weighted by atomic mass is 10.1. The van der Waals surface area contributed by atoms with Gasteiger partial charge in [-0.25, -0.2) is 0 Å². The van der Waals surface area contributed by atoms with Gasteiger partial charge in [0.1, 0.15) is 0 Å². The Labute approximate surface area is 84.8 Å². The first kappa shape index (κ1) is 9.38. The maximum Gasteiger partial charge on any atom is 0.231 e. The van der Waals surface area contributed by atoms with Crippen LogP contribution in [0, 0.1) is 6.92 Å². The molecular formula is C12H15O2. The molecule has 2 nitrogen and oxygen atoms in total. The third kappa shape index (κ3) is 2.00. The van der Waals surface area contributed by atoms with E-state index in [2.05, 4.69) is 19.1 Å². The second-order valence-corrected chi connectivity index (χ2v) is 3.50. The maximum atomic E-state index is 5.31. The number of benzene rings is 1. The molecule has 1 aliphatic heterocycles. The van der Waals surface area contributed by atoms with Crippen LogP contribution in [0.1, 0.15) is 24.8 Å². The molecule has 0 fully saturated rings. The third-order valence-corrected chi connectivity index (χ3v) is 2.40. The molecule has 1 heterocycles. The van der Waals surface area contributed by atoms with Crippen LogP contribution in [0.15, 0.2) is 18.2 Å². The number of hydrogen-bond donors (Lipinski definition) is 0. The molecular weight excluding hydrogens is 176 g/mol. The summed E-state index contributed by atoms with van der Waals surface area (Å²) in [6.45, 7) is 4.19. The summed E-state index contributed by atoms with van der Waals surface area (Å²) in [4.78, 5) is 0. The van der Waals surface area contributed by atoms with Gasteiger partial charge in [0.05, 0.1) is 0 Å². The Bertz CT molecular complexity index is 307. The summed E-state index contributed by atoms with van der Waals surface area (Å²) in [6.07, 6.45) is 4.51. The van der Waals surface area contributed by atoms with E-state index in [4.69, 9.17) is 9.47 Å². The first-order valence-corrected chi connectivity index (χ1v) is 5.08. The van der Waals surface area contributed by atoms with Crippen molar-refractivity contribution in [3.63, 3.8) is 0 Å². The second kappa shape index (κ2) is 4.36. The van der Waals surface area contributed by atoms with Crippen molar-refractivity contribution in [2.75, 3.05) is 6.79 Å². The summed E-state index contributed by atoms with van der Waals surface area (Å²) in [6, 6.07) is 6.17. The molecule has 2 rings (SSSR count). The van der Waals surface area contributed by atoms with Gasteiger partial charge in [-0.15, -0.1) is 0 Å². The Hall–Kier alpha value is -1.18. The molecule has 0 aromatic heterocycles. The van der Waals surface area contributed by atoms with Gasteiger partial charge in [0.15, 0.2) is 11.5 Å². The minimum Gasteiger partial charge on any atom is -0.454 e. The van der Waals surface area contributed by atoms with Crippen LogP contribution >= 0.6 is 0 Å². The first-order valence-electron chi connectivity index (χ1n) is 5.08. The van der Waals surface area contributed by atoms with Gasteiger partial charge in [0.2, 0.25) is 6.79 Å². The van der Waals surface area contributed by atoms with E-state index in [-0.39, 0.29) is 0 Å². The molecule has 0 bridgehead atoms. The van der Waals surface area contributed by atoms with Crippen molar-refractivity contribution in [1.82, 2.24) is 0 Å². The molecule has 0 saturated heterocycles. The van der Waals surface area contributed by atoms with Crippen molar-refractivity contribution in [2.24, 2.45) is 0 Å². The SMILES string of the molecule is [CH2]CCCCc1ccc2c(c1)OCO2. The highest BCUT2D eigenvalue weighted by atomic mass is 16.7. The molecule has 75 valence electrons. The Balaban J connectivity index is 1.98. The molecule has 2 heteroatoms. The number of aryl methyl sites for hydroxylation is 1. The zero-order valence-corrected chi connectivity index (χ0v) is 8.29. The monoisotopic (exact) mass is 191 g/mol. The minimum atomic E-state index is 0.359. The van der Waals surface area contributed by atoms with Crippen molar-refractivity contribution in [1.29, 1.82) is 0 Å². The lowest BCUT2D eigenvalue weighted by Crippen LogP contribution is -1.92. The Kier molecular flexibility index (Phi) is 2.92. The van der Waals surface area contributed by atoms with Gasteiger partial charge in [-0.05, 0) is 30.5 Å². The fourth-order valence-electron chi connectivity index (χ4n) is 1.60. The van der Waals surface area contributed by atoms with Crippen LogP contribution in [0.3, 0.4) is 0 Å². The van der Waals surface area contributed by atoms with E-state index < -0.39 is 0 Å². The lowest BCUT2D eigenvalue weighted by molar-refractivity contribution is 0.174. The molecule has 0 aliphatic carbocycles. The summed E-state index contributed by atoms with van der Waals surface area (Å²) in [5.74, 6) is 1.75. The maximum absolute atomic E-state index is 5.31. The fourth-order valence-corrected chi connectivity index (χ4v) is 1.60. The van der Waals surface area contributed by atoms with Crippen LogP contribution in [-0.2, 0) is 6.42 Å². The van der Waals surface area contributed by atoms with E-state index in [0.717, 1.165) is 24.3 Å². The quantitative estimate of drug-likeness (QED) is 0.681. The summed E-state index contributed by atoms with van der Waals surface area (Å²) in [5.41, 5.74) is 1.32. The Morgan fingerprint density at radius 2 is 2.00 bits per heavy atom. The minimum absolute atomic E-state index is 0.359. The number of fused-ring (bicyclic) bond motifs is 1. The number of ether oxygens (including phenoxy) is 2. The van der Waals surface area contributed by atoms with Gasteiger partial charge < -0.3 is 9.47 Å². The normalized spacial score (nSPS) is 13.2. The van der Waals surface area contributed by atoms with Crippen LogP contribution in [0.5, 0.6) is 11.5 Å². The van der Waals surface area contributed by atoms with Crippen molar-refractivity contribution >= 4 is 0 Å². The number of unbranched alkanes of at least 4 members (excludes halogenated alkanes) is 2. The zero-order valence-electron chi connectivity index (χ0n) is 8.29. The van der Waals surface area contributed by atoms with Crippen molar-refractivity contribution in [3.05, 3.63) is 30.7 Å². The predicted octanol–water partition coefficient (Wildman–Crippen LogP) is 2.96. The Morgan fingerprint density at radius 3 is 2.86 bits per heavy atom. The van der Waals surface area contributed by atoms with E-state index in [1.54, 1.807) is 0 Å². The highest BCUT2D eigenvalue weighted by Crippen LogP contribution is 2.32. The van der Waals surface area contributed by atoms with E-state index >= 15 is 0 Å². The van der Waals surface area contributed by atoms with Gasteiger partial charge in [-0.3, -0.25) is 0 Å². The third-order valence-electron chi connectivity index (χ3n) is 2.40. The van der Waals surface area contributed by atoms with E-state index in [0.29, 0.717) is 6.79 Å². The molecule has 1 aromatic rings. The first-order chi connectivity index (χ1) is 6.90. The summed E-state index contributed by atoms with van der Waals surface area (Å²) in [5, 5.41) is 0. The van der Waals surface area contributed by atoms with Gasteiger partial charge in [0, 0.05) is 0 Å². The fraction of sp³-hybridized carbons (Fsp3) is 0.417. The highest BCUT2D eigenvalue weighted by Gasteiger charge is 2.12. The highest BCUT2D eigenvalue weighted by molar-refractivity contribution is 5.44. The van der Waals surface area contributed by atoms with Crippen LogP contribution in [0.25, 0.3) is 0 Å². The van der Waals surface area contributed by atoms with Crippen molar-refractivity contribution in [2.45, 2.75) is 25.7 Å².